The van der Waals surface area contributed by atoms with Crippen LogP contribution >= 0.6 is 0 Å². The summed E-state index contributed by atoms with van der Waals surface area (Å²) in [5.41, 5.74) is -0.275. The molecule has 1 aliphatic carbocycles. The van der Waals surface area contributed by atoms with Gasteiger partial charge in [-0.2, -0.15) is 0 Å². The van der Waals surface area contributed by atoms with Gasteiger partial charge in [0.2, 0.25) is 0 Å². The van der Waals surface area contributed by atoms with Crippen molar-refractivity contribution >= 4 is 5.97 Å². The van der Waals surface area contributed by atoms with Crippen molar-refractivity contribution < 1.29 is 41.3 Å². The van der Waals surface area contributed by atoms with E-state index in [1.807, 2.05) is 0 Å². The molecule has 0 bridgehead atoms. The van der Waals surface area contributed by atoms with E-state index in [1.165, 1.54) is 13.3 Å². The van der Waals surface area contributed by atoms with Crippen molar-refractivity contribution in [2.75, 3.05) is 13.7 Å². The molecule has 2 aromatic rings. The number of carbonyl (C=O) groups excluding carboxylic acids is 1. The molecular formula is C19H17F4NO5. The molecule has 1 aromatic heterocycles. The summed E-state index contributed by atoms with van der Waals surface area (Å²) < 4.78 is 71.4. The predicted molar refractivity (Wildman–Crippen MR) is 91.9 cm³/mol. The molecule has 0 aliphatic heterocycles. The van der Waals surface area contributed by atoms with E-state index in [4.69, 9.17) is 14.2 Å². The third-order valence-corrected chi connectivity index (χ3v) is 4.04. The summed E-state index contributed by atoms with van der Waals surface area (Å²) in [5.74, 6) is -2.78. The van der Waals surface area contributed by atoms with E-state index in [-0.39, 0.29) is 35.5 Å². The van der Waals surface area contributed by atoms with Crippen molar-refractivity contribution in [3.05, 3.63) is 41.5 Å². The average Bonchev–Trinajstić information content (AvgIpc) is 3.47. The fraction of sp³-hybridized carbons (Fsp3) is 0.368. The Hall–Kier alpha value is -3.04. The second kappa shape index (κ2) is 8.14. The highest BCUT2D eigenvalue weighted by Gasteiger charge is 2.34. The van der Waals surface area contributed by atoms with E-state index in [2.05, 4.69) is 9.72 Å². The van der Waals surface area contributed by atoms with Gasteiger partial charge in [0.15, 0.2) is 23.1 Å². The minimum absolute atomic E-state index is 0.0194. The molecule has 0 spiro atoms. The monoisotopic (exact) mass is 415 g/mol. The Bertz CT molecular complexity index is 912. The molecule has 1 heterocycles. The lowest BCUT2D eigenvalue weighted by atomic mass is 10.1. The van der Waals surface area contributed by atoms with Gasteiger partial charge in [0.05, 0.1) is 25.6 Å². The highest BCUT2D eigenvalue weighted by Crippen LogP contribution is 2.43. The van der Waals surface area contributed by atoms with E-state index >= 15 is 0 Å². The number of nitrogens with zero attached hydrogens (tertiary/aromatic N) is 1. The van der Waals surface area contributed by atoms with Crippen molar-refractivity contribution in [3.8, 4) is 23.0 Å². The van der Waals surface area contributed by atoms with Crippen LogP contribution in [0, 0.1) is 5.82 Å². The number of hydrogen-bond acceptors (Lipinski definition) is 6. The van der Waals surface area contributed by atoms with Gasteiger partial charge in [-0.15, -0.1) is 13.2 Å². The lowest BCUT2D eigenvalue weighted by Gasteiger charge is -2.16. The molecule has 29 heavy (non-hydrogen) atoms. The van der Waals surface area contributed by atoms with Crippen LogP contribution in [0.2, 0.25) is 0 Å². The lowest BCUT2D eigenvalue weighted by Crippen LogP contribution is -2.17. The third kappa shape index (κ3) is 4.87. The van der Waals surface area contributed by atoms with Crippen LogP contribution in [-0.4, -0.2) is 31.0 Å². The molecule has 0 saturated heterocycles. The zero-order valence-electron chi connectivity index (χ0n) is 15.5. The first-order valence-corrected chi connectivity index (χ1v) is 8.70. The summed E-state index contributed by atoms with van der Waals surface area (Å²) in [5, 5.41) is 0. The minimum atomic E-state index is -4.88. The Kier molecular flexibility index (Phi) is 5.81. The van der Waals surface area contributed by atoms with Crippen molar-refractivity contribution in [2.45, 2.75) is 32.0 Å². The van der Waals surface area contributed by atoms with Gasteiger partial charge < -0.3 is 18.9 Å². The molecule has 1 aromatic carbocycles. The number of ether oxygens (including phenoxy) is 4. The van der Waals surface area contributed by atoms with Crippen LogP contribution in [0.15, 0.2) is 24.4 Å². The van der Waals surface area contributed by atoms with Crippen LogP contribution in [0.3, 0.4) is 0 Å². The van der Waals surface area contributed by atoms with Crippen LogP contribution < -0.4 is 14.2 Å². The number of esters is 1. The normalized spacial score (nSPS) is 13.7. The number of carbonyl (C=O) groups is 1. The van der Waals surface area contributed by atoms with Gasteiger partial charge in [-0.25, -0.2) is 9.18 Å². The van der Waals surface area contributed by atoms with Crippen molar-refractivity contribution in [1.82, 2.24) is 4.98 Å². The largest absolute Gasteiger partial charge is 0.573 e. The van der Waals surface area contributed by atoms with Gasteiger partial charge in [-0.1, -0.05) is 0 Å². The number of methoxy groups -OCH3 is 1. The highest BCUT2D eigenvalue weighted by molar-refractivity contribution is 5.93. The second-order valence-corrected chi connectivity index (χ2v) is 6.15. The van der Waals surface area contributed by atoms with Crippen LogP contribution in [-0.2, 0) is 4.74 Å². The molecule has 10 heteroatoms. The number of hydrogen-bond donors (Lipinski definition) is 0. The summed E-state index contributed by atoms with van der Waals surface area (Å²) in [6.07, 6.45) is -2.17. The highest BCUT2D eigenvalue weighted by atomic mass is 19.4. The molecule has 0 unspecified atom stereocenters. The number of rotatable bonds is 7. The Morgan fingerprint density at radius 3 is 2.52 bits per heavy atom. The first kappa shape index (κ1) is 20.7. The Labute approximate surface area is 163 Å². The summed E-state index contributed by atoms with van der Waals surface area (Å²) in [6.45, 7) is 1.59. The van der Waals surface area contributed by atoms with E-state index in [1.54, 1.807) is 6.92 Å². The molecule has 0 radical (unpaired) electrons. The Morgan fingerprint density at radius 1 is 1.21 bits per heavy atom. The molecule has 6 nitrogen and oxygen atoms in total. The number of aromatic nitrogens is 1. The minimum Gasteiger partial charge on any atom is -0.493 e. The van der Waals surface area contributed by atoms with E-state index in [9.17, 15) is 22.4 Å². The Morgan fingerprint density at radius 2 is 1.93 bits per heavy atom. The number of pyridine rings is 1. The van der Waals surface area contributed by atoms with Crippen LogP contribution in [0.5, 0.6) is 23.0 Å². The fourth-order valence-electron chi connectivity index (χ4n) is 2.65. The van der Waals surface area contributed by atoms with E-state index in [0.717, 1.165) is 31.0 Å². The number of alkyl halides is 3. The van der Waals surface area contributed by atoms with Crippen LogP contribution in [0.4, 0.5) is 17.6 Å². The molecule has 0 amide bonds. The second-order valence-electron chi connectivity index (χ2n) is 6.15. The summed E-state index contributed by atoms with van der Waals surface area (Å²) >= 11 is 0. The topological polar surface area (TPSA) is 66.9 Å². The predicted octanol–water partition coefficient (Wildman–Crippen LogP) is 4.97. The van der Waals surface area contributed by atoms with Gasteiger partial charge >= 0.3 is 12.3 Å². The van der Waals surface area contributed by atoms with Gasteiger partial charge in [-0.3, -0.25) is 4.98 Å². The summed E-state index contributed by atoms with van der Waals surface area (Å²) in [7, 11) is 1.21. The van der Waals surface area contributed by atoms with Crippen molar-refractivity contribution in [1.29, 1.82) is 0 Å². The third-order valence-electron chi connectivity index (χ3n) is 4.04. The average molecular weight is 415 g/mol. The standard InChI is InChI=1S/C19H17F4NO5/c1-3-27-18(25)15-14(9-24-17(16(15)20)10-4-5-10)28-12-7-6-11(8-13(12)26-2)29-19(21,22)23/h6-10H,3-5H2,1-2H3. The Balaban J connectivity index is 1.97. The quantitative estimate of drug-likeness (QED) is 0.470. The molecule has 1 fully saturated rings. The molecule has 1 aliphatic rings. The smallest absolute Gasteiger partial charge is 0.493 e. The molecule has 156 valence electrons. The maximum Gasteiger partial charge on any atom is 0.573 e. The van der Waals surface area contributed by atoms with Gasteiger partial charge in [0.1, 0.15) is 11.3 Å². The number of benzene rings is 1. The zero-order chi connectivity index (χ0) is 21.2. The zero-order valence-corrected chi connectivity index (χ0v) is 15.5. The molecule has 3 rings (SSSR count). The van der Waals surface area contributed by atoms with Crippen molar-refractivity contribution in [2.24, 2.45) is 0 Å². The van der Waals surface area contributed by atoms with Crippen LogP contribution in [0.1, 0.15) is 41.7 Å². The van der Waals surface area contributed by atoms with Gasteiger partial charge in [0, 0.05) is 12.0 Å². The first-order valence-electron chi connectivity index (χ1n) is 8.70. The van der Waals surface area contributed by atoms with E-state index in [0.29, 0.717) is 0 Å². The fourth-order valence-corrected chi connectivity index (χ4v) is 2.65. The molecular weight excluding hydrogens is 398 g/mol. The lowest BCUT2D eigenvalue weighted by molar-refractivity contribution is -0.274. The number of halogens is 4. The maximum absolute atomic E-state index is 14.9. The van der Waals surface area contributed by atoms with Gasteiger partial charge in [-0.05, 0) is 31.9 Å². The SMILES string of the molecule is CCOC(=O)c1c(Oc2ccc(OC(F)(F)F)cc2OC)cnc(C2CC2)c1F. The van der Waals surface area contributed by atoms with Gasteiger partial charge in [0.25, 0.3) is 0 Å². The summed E-state index contributed by atoms with van der Waals surface area (Å²) in [6, 6.07) is 3.09. The van der Waals surface area contributed by atoms with E-state index < -0.39 is 29.5 Å². The maximum atomic E-state index is 14.9. The molecule has 0 N–H and O–H groups in total. The van der Waals surface area contributed by atoms with Crippen molar-refractivity contribution in [3.63, 3.8) is 0 Å². The van der Waals surface area contributed by atoms with Crippen LogP contribution in [0.25, 0.3) is 0 Å². The first-order chi connectivity index (χ1) is 13.7. The molecule has 1 saturated carbocycles. The summed E-state index contributed by atoms with van der Waals surface area (Å²) in [4.78, 5) is 16.3. The molecule has 0 atom stereocenters.